The first kappa shape index (κ1) is 18.6. The van der Waals surface area contributed by atoms with E-state index in [4.69, 9.17) is 4.98 Å². The van der Waals surface area contributed by atoms with Crippen LogP contribution >= 0.6 is 0 Å². The summed E-state index contributed by atoms with van der Waals surface area (Å²) in [7, 11) is 0. The number of pyridine rings is 1. The van der Waals surface area contributed by atoms with Gasteiger partial charge in [-0.05, 0) is 62.4 Å². The van der Waals surface area contributed by atoms with Gasteiger partial charge in [0.05, 0.1) is 11.1 Å². The average Bonchev–Trinajstić information content (AvgIpc) is 3.46. The zero-order chi connectivity index (χ0) is 23.4. The van der Waals surface area contributed by atoms with Gasteiger partial charge in [-0.2, -0.15) is 0 Å². The summed E-state index contributed by atoms with van der Waals surface area (Å²) >= 11 is 0. The van der Waals surface area contributed by atoms with Crippen molar-refractivity contribution in [2.24, 2.45) is 0 Å². The van der Waals surface area contributed by atoms with Crippen molar-refractivity contribution in [3.05, 3.63) is 138 Å². The van der Waals surface area contributed by atoms with E-state index in [-0.39, 0.29) is 0 Å². The lowest BCUT2D eigenvalue weighted by molar-refractivity contribution is 0.768. The second-order valence-electron chi connectivity index (χ2n) is 9.99. The molecule has 1 spiro atoms. The molecule has 9 rings (SSSR count). The molecule has 2 aromatic heterocycles. The van der Waals surface area contributed by atoms with E-state index in [2.05, 4.69) is 114 Å². The third-order valence-corrected chi connectivity index (χ3v) is 8.45. The molecule has 0 aliphatic heterocycles. The predicted octanol–water partition coefficient (Wildman–Crippen LogP) is 8.21. The molecular weight excluding hydrogens is 436 g/mol. The van der Waals surface area contributed by atoms with E-state index in [0.717, 1.165) is 11.2 Å². The number of aromatic nitrogens is 2. The van der Waals surface area contributed by atoms with Gasteiger partial charge >= 0.3 is 0 Å². The fraction of sp³-hybridized carbons (Fsp3) is 0.0294. The molecule has 1 N–H and O–H groups in total. The van der Waals surface area contributed by atoms with Gasteiger partial charge in [0.25, 0.3) is 0 Å². The van der Waals surface area contributed by atoms with Crippen LogP contribution in [0.3, 0.4) is 0 Å². The SMILES string of the molecule is c1ccc2c(c1)-c1ccccc1C21c2cccnc2-c2cc3[nH]c4ccccc4c3c3cccc1c23. The van der Waals surface area contributed by atoms with Gasteiger partial charge in [0.2, 0.25) is 0 Å². The van der Waals surface area contributed by atoms with Crippen LogP contribution in [0, 0.1) is 0 Å². The number of rotatable bonds is 0. The molecule has 2 nitrogen and oxygen atoms in total. The van der Waals surface area contributed by atoms with Crippen LogP contribution in [0.1, 0.15) is 22.3 Å². The minimum atomic E-state index is -0.400. The summed E-state index contributed by atoms with van der Waals surface area (Å²) in [5.74, 6) is 0. The van der Waals surface area contributed by atoms with E-state index in [1.54, 1.807) is 0 Å². The smallest absolute Gasteiger partial charge is 0.0757 e. The van der Waals surface area contributed by atoms with Crippen molar-refractivity contribution in [1.82, 2.24) is 9.97 Å². The zero-order valence-electron chi connectivity index (χ0n) is 19.4. The summed E-state index contributed by atoms with van der Waals surface area (Å²) in [6.07, 6.45) is 1.94. The molecule has 2 heteroatoms. The number of hydrogen-bond donors (Lipinski definition) is 1. The molecule has 2 aliphatic carbocycles. The molecule has 0 saturated carbocycles. The first-order valence-electron chi connectivity index (χ1n) is 12.5. The van der Waals surface area contributed by atoms with Gasteiger partial charge in [-0.25, -0.2) is 0 Å². The molecule has 0 unspecified atom stereocenters. The van der Waals surface area contributed by atoms with Crippen molar-refractivity contribution in [3.8, 4) is 22.4 Å². The fourth-order valence-corrected chi connectivity index (χ4v) is 7.21. The van der Waals surface area contributed by atoms with Crippen LogP contribution in [0.5, 0.6) is 0 Å². The van der Waals surface area contributed by atoms with E-state index in [1.165, 1.54) is 66.0 Å². The summed E-state index contributed by atoms with van der Waals surface area (Å²) in [5.41, 5.74) is 12.2. The minimum Gasteiger partial charge on any atom is -0.354 e. The van der Waals surface area contributed by atoms with E-state index in [9.17, 15) is 0 Å². The van der Waals surface area contributed by atoms with Gasteiger partial charge < -0.3 is 4.98 Å². The molecule has 2 heterocycles. The molecule has 2 aliphatic rings. The molecule has 0 fully saturated rings. The second-order valence-corrected chi connectivity index (χ2v) is 9.99. The molecule has 36 heavy (non-hydrogen) atoms. The van der Waals surface area contributed by atoms with Gasteiger partial charge in [0, 0.05) is 33.6 Å². The Hall–Kier alpha value is -4.69. The molecule has 7 aromatic rings. The molecule has 0 saturated heterocycles. The highest BCUT2D eigenvalue weighted by molar-refractivity contribution is 6.25. The van der Waals surface area contributed by atoms with Crippen molar-refractivity contribution in [2.45, 2.75) is 5.41 Å². The number of nitrogens with one attached hydrogen (secondary N) is 1. The Kier molecular flexibility index (Phi) is 3.26. The number of fused-ring (bicyclic) bond motifs is 13. The summed E-state index contributed by atoms with van der Waals surface area (Å²) in [6, 6.07) is 40.1. The van der Waals surface area contributed by atoms with E-state index in [1.807, 2.05) is 6.20 Å². The fourth-order valence-electron chi connectivity index (χ4n) is 7.21. The highest BCUT2D eigenvalue weighted by Crippen LogP contribution is 2.61. The molecule has 5 aromatic carbocycles. The number of H-pyrrole nitrogens is 1. The topological polar surface area (TPSA) is 28.7 Å². The summed E-state index contributed by atoms with van der Waals surface area (Å²) < 4.78 is 0. The molecular formula is C34H20N2. The van der Waals surface area contributed by atoms with Crippen LogP contribution < -0.4 is 0 Å². The summed E-state index contributed by atoms with van der Waals surface area (Å²) in [6.45, 7) is 0. The second kappa shape index (κ2) is 6.30. The number of aromatic amines is 1. The Labute approximate surface area is 207 Å². The van der Waals surface area contributed by atoms with Crippen molar-refractivity contribution < 1.29 is 0 Å². The van der Waals surface area contributed by atoms with Crippen LogP contribution in [-0.2, 0) is 5.41 Å². The number of para-hydroxylation sites is 1. The average molecular weight is 457 g/mol. The third-order valence-electron chi connectivity index (χ3n) is 8.45. The van der Waals surface area contributed by atoms with E-state index >= 15 is 0 Å². The highest BCUT2D eigenvalue weighted by Gasteiger charge is 2.50. The molecule has 0 amide bonds. The third kappa shape index (κ3) is 1.97. The van der Waals surface area contributed by atoms with Crippen molar-refractivity contribution in [1.29, 1.82) is 0 Å². The van der Waals surface area contributed by atoms with Gasteiger partial charge in [-0.1, -0.05) is 91.0 Å². The zero-order valence-corrected chi connectivity index (χ0v) is 19.4. The van der Waals surface area contributed by atoms with Crippen molar-refractivity contribution in [3.63, 3.8) is 0 Å². The summed E-state index contributed by atoms with van der Waals surface area (Å²) in [4.78, 5) is 8.74. The number of benzene rings is 5. The maximum atomic E-state index is 5.05. The summed E-state index contributed by atoms with van der Waals surface area (Å²) in [5, 5.41) is 5.16. The maximum absolute atomic E-state index is 5.05. The van der Waals surface area contributed by atoms with E-state index in [0.29, 0.717) is 0 Å². The quantitative estimate of drug-likeness (QED) is 0.245. The number of hydrogen-bond acceptors (Lipinski definition) is 1. The Balaban J connectivity index is 1.58. The monoisotopic (exact) mass is 456 g/mol. The first-order chi connectivity index (χ1) is 17.9. The molecule has 0 radical (unpaired) electrons. The van der Waals surface area contributed by atoms with Gasteiger partial charge in [0.15, 0.2) is 0 Å². The van der Waals surface area contributed by atoms with Crippen molar-refractivity contribution >= 4 is 32.6 Å². The lowest BCUT2D eigenvalue weighted by Gasteiger charge is -2.39. The van der Waals surface area contributed by atoms with Crippen LogP contribution in [0.15, 0.2) is 115 Å². The molecule has 0 atom stereocenters. The Morgan fingerprint density at radius 1 is 0.500 bits per heavy atom. The Morgan fingerprint density at radius 2 is 1.17 bits per heavy atom. The standard InChI is InChI=1S/C34H20N2/c1-4-13-25-20(9-1)21-10-2-5-14-26(21)34(25)27-15-7-12-23-31(27)24(33-28(34)16-8-18-35-33)19-30-32(23)22-11-3-6-17-29(22)36-30/h1-19,36H. The van der Waals surface area contributed by atoms with Gasteiger partial charge in [-0.15, -0.1) is 0 Å². The Morgan fingerprint density at radius 3 is 2.00 bits per heavy atom. The Bertz CT molecular complexity index is 2010. The normalized spacial score (nSPS) is 14.3. The largest absolute Gasteiger partial charge is 0.354 e. The van der Waals surface area contributed by atoms with Crippen LogP contribution in [0.2, 0.25) is 0 Å². The van der Waals surface area contributed by atoms with Crippen LogP contribution in [0.25, 0.3) is 55.0 Å². The molecule has 0 bridgehead atoms. The minimum absolute atomic E-state index is 0.400. The predicted molar refractivity (Wildman–Crippen MR) is 147 cm³/mol. The lowest BCUT2D eigenvalue weighted by atomic mass is 9.62. The van der Waals surface area contributed by atoms with Crippen molar-refractivity contribution in [2.75, 3.05) is 0 Å². The van der Waals surface area contributed by atoms with Gasteiger partial charge in [-0.3, -0.25) is 4.98 Å². The van der Waals surface area contributed by atoms with Crippen LogP contribution in [0.4, 0.5) is 0 Å². The van der Waals surface area contributed by atoms with E-state index < -0.39 is 5.41 Å². The lowest BCUT2D eigenvalue weighted by Crippen LogP contribution is -2.32. The molecule has 166 valence electrons. The first-order valence-corrected chi connectivity index (χ1v) is 12.5. The highest BCUT2D eigenvalue weighted by atomic mass is 14.7. The maximum Gasteiger partial charge on any atom is 0.0757 e. The van der Waals surface area contributed by atoms with Crippen LogP contribution in [-0.4, -0.2) is 9.97 Å². The number of nitrogens with zero attached hydrogens (tertiary/aromatic N) is 1. The van der Waals surface area contributed by atoms with Gasteiger partial charge in [0.1, 0.15) is 0 Å².